The van der Waals surface area contributed by atoms with Crippen LogP contribution >= 0.6 is 15.9 Å². The summed E-state index contributed by atoms with van der Waals surface area (Å²) in [6.07, 6.45) is 0. The number of carbonyl (C=O) groups excluding carboxylic acids is 1. The predicted molar refractivity (Wildman–Crippen MR) is 76.5 cm³/mol. The molecule has 0 radical (unpaired) electrons. The molecule has 0 bridgehead atoms. The molecule has 0 saturated carbocycles. The van der Waals surface area contributed by atoms with Crippen LogP contribution in [0.25, 0.3) is 0 Å². The summed E-state index contributed by atoms with van der Waals surface area (Å²) in [4.78, 5) is 12.0. The zero-order valence-electron chi connectivity index (χ0n) is 10.1. The Kier molecular flexibility index (Phi) is 4.15. The normalized spacial score (nSPS) is 10.1. The summed E-state index contributed by atoms with van der Waals surface area (Å²) in [5.41, 5.74) is 2.78. The molecule has 0 unspecified atom stereocenters. The third-order valence-electron chi connectivity index (χ3n) is 2.79. The number of amides is 1. The highest BCUT2D eigenvalue weighted by Crippen LogP contribution is 2.15. The van der Waals surface area contributed by atoms with Gasteiger partial charge in [0.15, 0.2) is 0 Å². The molecule has 0 saturated heterocycles. The molecule has 2 nitrogen and oxygen atoms in total. The van der Waals surface area contributed by atoms with Crippen molar-refractivity contribution in [2.75, 3.05) is 0 Å². The lowest BCUT2D eigenvalue weighted by molar-refractivity contribution is 0.0950. The van der Waals surface area contributed by atoms with Gasteiger partial charge >= 0.3 is 0 Å². The topological polar surface area (TPSA) is 29.1 Å². The molecule has 0 heterocycles. The van der Waals surface area contributed by atoms with Gasteiger partial charge in [0.05, 0.1) is 0 Å². The lowest BCUT2D eigenvalue weighted by atomic mass is 10.1. The first-order chi connectivity index (χ1) is 8.68. The third kappa shape index (κ3) is 2.99. The van der Waals surface area contributed by atoms with Crippen LogP contribution in [0.1, 0.15) is 21.5 Å². The maximum atomic E-state index is 12.0. The van der Waals surface area contributed by atoms with E-state index in [1.165, 1.54) is 0 Å². The van der Waals surface area contributed by atoms with E-state index in [-0.39, 0.29) is 5.91 Å². The van der Waals surface area contributed by atoms with Crippen LogP contribution in [0.2, 0.25) is 0 Å². The smallest absolute Gasteiger partial charge is 0.251 e. The van der Waals surface area contributed by atoms with E-state index in [1.807, 2.05) is 55.5 Å². The maximum Gasteiger partial charge on any atom is 0.251 e. The molecule has 2 aromatic carbocycles. The molecule has 3 heteroatoms. The van der Waals surface area contributed by atoms with Crippen molar-refractivity contribution in [3.8, 4) is 0 Å². The number of hydrogen-bond acceptors (Lipinski definition) is 1. The minimum absolute atomic E-state index is 0.0381. The molecular weight excluding hydrogens is 290 g/mol. The molecule has 0 aliphatic rings. The number of nitrogens with one attached hydrogen (secondary N) is 1. The fourth-order valence-corrected chi connectivity index (χ4v) is 2.17. The fourth-order valence-electron chi connectivity index (χ4n) is 1.74. The number of rotatable bonds is 3. The molecule has 0 atom stereocenters. The van der Waals surface area contributed by atoms with Gasteiger partial charge in [0.2, 0.25) is 0 Å². The standard InChI is InChI=1S/C15H14BrNO/c1-11-6-2-4-8-13(11)15(18)17-10-12-7-3-5-9-14(12)16/h2-9H,10H2,1H3,(H,17,18). The molecule has 1 N–H and O–H groups in total. The Hall–Kier alpha value is -1.61. The van der Waals surface area contributed by atoms with Crippen LogP contribution in [0.15, 0.2) is 53.0 Å². The summed E-state index contributed by atoms with van der Waals surface area (Å²) in [6.45, 7) is 2.46. The van der Waals surface area contributed by atoms with E-state index in [0.29, 0.717) is 6.54 Å². The summed E-state index contributed by atoms with van der Waals surface area (Å²) in [5.74, 6) is -0.0381. The van der Waals surface area contributed by atoms with Crippen LogP contribution < -0.4 is 5.32 Å². The quantitative estimate of drug-likeness (QED) is 0.920. The Bertz CT molecular complexity index is 566. The highest BCUT2D eigenvalue weighted by molar-refractivity contribution is 9.10. The molecule has 18 heavy (non-hydrogen) atoms. The van der Waals surface area contributed by atoms with Crippen molar-refractivity contribution >= 4 is 21.8 Å². The van der Waals surface area contributed by atoms with Crippen LogP contribution in [-0.4, -0.2) is 5.91 Å². The lowest BCUT2D eigenvalue weighted by Gasteiger charge is -2.08. The third-order valence-corrected chi connectivity index (χ3v) is 3.56. The number of benzene rings is 2. The molecule has 0 aliphatic heterocycles. The molecule has 0 aliphatic carbocycles. The van der Waals surface area contributed by atoms with Gasteiger partial charge in [0.25, 0.3) is 5.91 Å². The second-order valence-electron chi connectivity index (χ2n) is 4.09. The number of carbonyl (C=O) groups is 1. The van der Waals surface area contributed by atoms with Crippen molar-refractivity contribution in [2.24, 2.45) is 0 Å². The summed E-state index contributed by atoms with van der Waals surface area (Å²) in [5, 5.41) is 2.93. The molecule has 2 rings (SSSR count). The van der Waals surface area contributed by atoms with E-state index in [1.54, 1.807) is 0 Å². The number of hydrogen-bond donors (Lipinski definition) is 1. The second-order valence-corrected chi connectivity index (χ2v) is 4.94. The minimum Gasteiger partial charge on any atom is -0.348 e. The van der Waals surface area contributed by atoms with Crippen molar-refractivity contribution < 1.29 is 4.79 Å². The van der Waals surface area contributed by atoms with Crippen molar-refractivity contribution in [1.82, 2.24) is 5.32 Å². The first-order valence-electron chi connectivity index (χ1n) is 5.75. The van der Waals surface area contributed by atoms with E-state index in [4.69, 9.17) is 0 Å². The van der Waals surface area contributed by atoms with E-state index in [2.05, 4.69) is 21.2 Å². The number of aryl methyl sites for hydroxylation is 1. The van der Waals surface area contributed by atoms with E-state index in [0.717, 1.165) is 21.2 Å². The van der Waals surface area contributed by atoms with Crippen molar-refractivity contribution in [3.05, 3.63) is 69.7 Å². The highest BCUT2D eigenvalue weighted by Gasteiger charge is 2.08. The summed E-state index contributed by atoms with van der Waals surface area (Å²) in [6, 6.07) is 15.5. The van der Waals surface area contributed by atoms with Crippen molar-refractivity contribution in [2.45, 2.75) is 13.5 Å². The van der Waals surface area contributed by atoms with Crippen LogP contribution in [0.5, 0.6) is 0 Å². The molecule has 0 spiro atoms. The molecule has 0 fully saturated rings. The van der Waals surface area contributed by atoms with Gasteiger partial charge in [-0.15, -0.1) is 0 Å². The van der Waals surface area contributed by atoms with E-state index < -0.39 is 0 Å². The molecule has 2 aromatic rings. The average molecular weight is 304 g/mol. The average Bonchev–Trinajstić information content (AvgIpc) is 2.38. The lowest BCUT2D eigenvalue weighted by Crippen LogP contribution is -2.23. The molecule has 1 amide bonds. The minimum atomic E-state index is -0.0381. The first kappa shape index (κ1) is 12.8. The maximum absolute atomic E-state index is 12.0. The van der Waals surface area contributed by atoms with Crippen LogP contribution in [0.3, 0.4) is 0 Å². The van der Waals surface area contributed by atoms with Gasteiger partial charge in [-0.25, -0.2) is 0 Å². The predicted octanol–water partition coefficient (Wildman–Crippen LogP) is 3.69. The van der Waals surface area contributed by atoms with Crippen molar-refractivity contribution in [1.29, 1.82) is 0 Å². The number of halogens is 1. The van der Waals surface area contributed by atoms with Gasteiger partial charge in [-0.2, -0.15) is 0 Å². The Labute approximate surface area is 115 Å². The zero-order chi connectivity index (χ0) is 13.0. The van der Waals surface area contributed by atoms with Gasteiger partial charge in [-0.1, -0.05) is 52.3 Å². The first-order valence-corrected chi connectivity index (χ1v) is 6.55. The monoisotopic (exact) mass is 303 g/mol. The van der Waals surface area contributed by atoms with E-state index in [9.17, 15) is 4.79 Å². The van der Waals surface area contributed by atoms with Gasteiger partial charge in [-0.3, -0.25) is 4.79 Å². The molecule has 92 valence electrons. The largest absolute Gasteiger partial charge is 0.348 e. The summed E-state index contributed by atoms with van der Waals surface area (Å²) < 4.78 is 1.01. The Morgan fingerprint density at radius 2 is 1.78 bits per heavy atom. The second kappa shape index (κ2) is 5.83. The van der Waals surface area contributed by atoms with Gasteiger partial charge in [0.1, 0.15) is 0 Å². The Morgan fingerprint density at radius 1 is 1.11 bits per heavy atom. The zero-order valence-corrected chi connectivity index (χ0v) is 11.7. The van der Waals surface area contributed by atoms with Crippen LogP contribution in [0, 0.1) is 6.92 Å². The van der Waals surface area contributed by atoms with Crippen molar-refractivity contribution in [3.63, 3.8) is 0 Å². The SMILES string of the molecule is Cc1ccccc1C(=O)NCc1ccccc1Br. The summed E-state index contributed by atoms with van der Waals surface area (Å²) in [7, 11) is 0. The molecule has 0 aromatic heterocycles. The van der Waals surface area contributed by atoms with Gasteiger partial charge < -0.3 is 5.32 Å². The van der Waals surface area contributed by atoms with Crippen LogP contribution in [-0.2, 0) is 6.54 Å². The van der Waals surface area contributed by atoms with Crippen LogP contribution in [0.4, 0.5) is 0 Å². The molecular formula is C15H14BrNO. The Morgan fingerprint density at radius 3 is 2.50 bits per heavy atom. The van der Waals surface area contributed by atoms with E-state index >= 15 is 0 Å². The fraction of sp³-hybridized carbons (Fsp3) is 0.133. The highest BCUT2D eigenvalue weighted by atomic mass is 79.9. The Balaban J connectivity index is 2.06. The van der Waals surface area contributed by atoms with Gasteiger partial charge in [0, 0.05) is 16.6 Å². The summed E-state index contributed by atoms with van der Waals surface area (Å²) >= 11 is 3.47. The van der Waals surface area contributed by atoms with Gasteiger partial charge in [-0.05, 0) is 30.2 Å².